The van der Waals surface area contributed by atoms with E-state index in [1.54, 1.807) is 0 Å². The van der Waals surface area contributed by atoms with E-state index in [9.17, 15) is 14.4 Å². The van der Waals surface area contributed by atoms with Crippen LogP contribution in [0, 0.1) is 17.8 Å². The summed E-state index contributed by atoms with van der Waals surface area (Å²) in [7, 11) is 0. The summed E-state index contributed by atoms with van der Waals surface area (Å²) in [6.45, 7) is 5.19. The van der Waals surface area contributed by atoms with E-state index < -0.39 is 17.7 Å². The number of nitrogens with zero attached hydrogens (tertiary/aromatic N) is 1. The summed E-state index contributed by atoms with van der Waals surface area (Å²) in [5.74, 6) is 0.315. The van der Waals surface area contributed by atoms with Crippen LogP contribution in [0.5, 0.6) is 0 Å². The van der Waals surface area contributed by atoms with Crippen molar-refractivity contribution in [2.24, 2.45) is 17.8 Å². The van der Waals surface area contributed by atoms with Gasteiger partial charge in [-0.25, -0.2) is 0 Å². The summed E-state index contributed by atoms with van der Waals surface area (Å²) >= 11 is 0. The Bertz CT molecular complexity index is 400. The second kappa shape index (κ2) is 7.05. The number of hydrogen-bond donors (Lipinski definition) is 1. The molecule has 0 heterocycles. The first-order valence-corrected chi connectivity index (χ1v) is 8.04. The van der Waals surface area contributed by atoms with E-state index in [4.69, 9.17) is 0 Å². The van der Waals surface area contributed by atoms with Crippen molar-refractivity contribution >= 4 is 18.1 Å². The van der Waals surface area contributed by atoms with E-state index in [2.05, 4.69) is 5.32 Å². The topological polar surface area (TPSA) is 66.5 Å². The van der Waals surface area contributed by atoms with Crippen LogP contribution in [0.4, 0.5) is 0 Å². The second-order valence-corrected chi connectivity index (χ2v) is 6.91. The molecule has 2 amide bonds. The van der Waals surface area contributed by atoms with Crippen LogP contribution in [-0.2, 0) is 14.4 Å². The van der Waals surface area contributed by atoms with Crippen molar-refractivity contribution < 1.29 is 14.4 Å². The van der Waals surface area contributed by atoms with Crippen molar-refractivity contribution in [2.45, 2.75) is 52.0 Å². The fourth-order valence-corrected chi connectivity index (χ4v) is 2.48. The Labute approximate surface area is 126 Å². The third-order valence-electron chi connectivity index (χ3n) is 4.17. The van der Waals surface area contributed by atoms with Gasteiger partial charge in [-0.3, -0.25) is 14.4 Å². The molecule has 0 radical (unpaired) electrons. The molecule has 0 aromatic heterocycles. The van der Waals surface area contributed by atoms with E-state index in [1.165, 1.54) is 4.90 Å². The maximum atomic E-state index is 12.4. The Morgan fingerprint density at radius 2 is 1.81 bits per heavy atom. The SMILES string of the molecule is CC(C)CC(C(=O)C(=O)NCC1CC1)N(C=O)CC1CC1. The Morgan fingerprint density at radius 3 is 2.29 bits per heavy atom. The van der Waals surface area contributed by atoms with E-state index in [0.29, 0.717) is 31.3 Å². The molecule has 0 aromatic carbocycles. The van der Waals surface area contributed by atoms with E-state index in [-0.39, 0.29) is 5.92 Å². The molecule has 2 fully saturated rings. The van der Waals surface area contributed by atoms with Gasteiger partial charge in [0, 0.05) is 13.1 Å². The van der Waals surface area contributed by atoms with Crippen molar-refractivity contribution in [1.29, 1.82) is 0 Å². The van der Waals surface area contributed by atoms with Crippen molar-refractivity contribution in [3.05, 3.63) is 0 Å². The monoisotopic (exact) mass is 294 g/mol. The molecule has 2 rings (SSSR count). The first-order valence-electron chi connectivity index (χ1n) is 8.04. The van der Waals surface area contributed by atoms with Crippen LogP contribution in [-0.4, -0.2) is 42.1 Å². The lowest BCUT2D eigenvalue weighted by Crippen LogP contribution is -2.48. The van der Waals surface area contributed by atoms with Gasteiger partial charge in [0.1, 0.15) is 6.04 Å². The number of hydrogen-bond acceptors (Lipinski definition) is 3. The molecular formula is C16H26N2O3. The van der Waals surface area contributed by atoms with Crippen molar-refractivity contribution in [3.63, 3.8) is 0 Å². The molecule has 1 unspecified atom stereocenters. The molecule has 2 aliphatic rings. The molecular weight excluding hydrogens is 268 g/mol. The average molecular weight is 294 g/mol. The van der Waals surface area contributed by atoms with Crippen LogP contribution in [0.15, 0.2) is 0 Å². The van der Waals surface area contributed by atoms with Gasteiger partial charge in [0.15, 0.2) is 0 Å². The number of ketones is 1. The molecule has 2 aliphatic carbocycles. The summed E-state index contributed by atoms with van der Waals surface area (Å²) in [5, 5.41) is 2.71. The van der Waals surface area contributed by atoms with Gasteiger partial charge >= 0.3 is 0 Å². The maximum absolute atomic E-state index is 12.4. The van der Waals surface area contributed by atoms with Gasteiger partial charge in [0.2, 0.25) is 12.2 Å². The van der Waals surface area contributed by atoms with Gasteiger partial charge in [-0.15, -0.1) is 0 Å². The van der Waals surface area contributed by atoms with Gasteiger partial charge in [-0.1, -0.05) is 13.8 Å². The number of Topliss-reactive ketones (excluding diaryl/α,β-unsaturated/α-hetero) is 1. The van der Waals surface area contributed by atoms with Crippen molar-refractivity contribution in [3.8, 4) is 0 Å². The zero-order chi connectivity index (χ0) is 15.4. The third kappa shape index (κ3) is 5.14. The molecule has 0 spiro atoms. The van der Waals surface area contributed by atoms with Crippen LogP contribution < -0.4 is 5.32 Å². The minimum atomic E-state index is -0.609. The number of nitrogens with one attached hydrogen (secondary N) is 1. The normalized spacial score (nSPS) is 19.2. The smallest absolute Gasteiger partial charge is 0.289 e. The lowest BCUT2D eigenvalue weighted by molar-refractivity contribution is -0.143. The van der Waals surface area contributed by atoms with Crippen molar-refractivity contribution in [2.75, 3.05) is 13.1 Å². The van der Waals surface area contributed by atoms with Crippen LogP contribution in [0.25, 0.3) is 0 Å². The molecule has 5 heteroatoms. The predicted molar refractivity (Wildman–Crippen MR) is 79.5 cm³/mol. The lowest BCUT2D eigenvalue weighted by atomic mass is 9.98. The minimum Gasteiger partial charge on any atom is -0.349 e. The van der Waals surface area contributed by atoms with Crippen LogP contribution in [0.2, 0.25) is 0 Å². The zero-order valence-corrected chi connectivity index (χ0v) is 13.0. The third-order valence-corrected chi connectivity index (χ3v) is 4.17. The summed E-state index contributed by atoms with van der Waals surface area (Å²) in [4.78, 5) is 37.3. The van der Waals surface area contributed by atoms with Gasteiger partial charge in [0.25, 0.3) is 5.91 Å². The maximum Gasteiger partial charge on any atom is 0.289 e. The highest BCUT2D eigenvalue weighted by Gasteiger charge is 2.34. The first kappa shape index (κ1) is 16.0. The second-order valence-electron chi connectivity index (χ2n) is 6.91. The molecule has 5 nitrogen and oxygen atoms in total. The average Bonchev–Trinajstić information content (AvgIpc) is 3.33. The standard InChI is InChI=1S/C16H26N2O3/c1-11(2)7-14(18(10-19)9-13-5-6-13)15(20)16(21)17-8-12-3-4-12/h10-14H,3-9H2,1-2H3,(H,17,21). The largest absolute Gasteiger partial charge is 0.349 e. The lowest BCUT2D eigenvalue weighted by Gasteiger charge is -2.28. The van der Waals surface area contributed by atoms with Gasteiger partial charge in [-0.05, 0) is 49.9 Å². The highest BCUT2D eigenvalue weighted by molar-refractivity contribution is 6.38. The van der Waals surface area contributed by atoms with Gasteiger partial charge < -0.3 is 10.2 Å². The highest BCUT2D eigenvalue weighted by Crippen LogP contribution is 2.30. The molecule has 0 aliphatic heterocycles. The number of carbonyl (C=O) groups excluding carboxylic acids is 3. The highest BCUT2D eigenvalue weighted by atomic mass is 16.2. The Kier molecular flexibility index (Phi) is 5.37. The Hall–Kier alpha value is -1.39. The predicted octanol–water partition coefficient (Wildman–Crippen LogP) is 1.36. The van der Waals surface area contributed by atoms with E-state index in [0.717, 1.165) is 32.1 Å². The molecule has 1 N–H and O–H groups in total. The summed E-state index contributed by atoms with van der Waals surface area (Å²) in [6, 6.07) is -0.609. The molecule has 0 saturated heterocycles. The Balaban J connectivity index is 1.95. The van der Waals surface area contributed by atoms with Crippen LogP contribution in [0.3, 0.4) is 0 Å². The fraction of sp³-hybridized carbons (Fsp3) is 0.812. The van der Waals surface area contributed by atoms with Crippen LogP contribution >= 0.6 is 0 Å². The van der Waals surface area contributed by atoms with Crippen molar-refractivity contribution in [1.82, 2.24) is 10.2 Å². The molecule has 1 atom stereocenters. The molecule has 2 saturated carbocycles. The summed E-state index contributed by atoms with van der Waals surface area (Å²) in [6.07, 6.45) is 5.76. The van der Waals surface area contributed by atoms with Gasteiger partial charge in [-0.2, -0.15) is 0 Å². The minimum absolute atomic E-state index is 0.261. The van der Waals surface area contributed by atoms with Gasteiger partial charge in [0.05, 0.1) is 0 Å². The summed E-state index contributed by atoms with van der Waals surface area (Å²) < 4.78 is 0. The molecule has 118 valence electrons. The summed E-state index contributed by atoms with van der Waals surface area (Å²) in [5.41, 5.74) is 0. The first-order chi connectivity index (χ1) is 10.0. The zero-order valence-electron chi connectivity index (χ0n) is 13.0. The number of rotatable bonds is 10. The molecule has 0 aromatic rings. The number of amides is 2. The fourth-order valence-electron chi connectivity index (χ4n) is 2.48. The van der Waals surface area contributed by atoms with E-state index >= 15 is 0 Å². The Morgan fingerprint density at radius 1 is 1.19 bits per heavy atom. The van der Waals surface area contributed by atoms with E-state index in [1.807, 2.05) is 13.8 Å². The molecule has 21 heavy (non-hydrogen) atoms. The van der Waals surface area contributed by atoms with Crippen LogP contribution in [0.1, 0.15) is 46.0 Å². The quantitative estimate of drug-likeness (QED) is 0.489. The number of carbonyl (C=O) groups is 3. The molecule has 0 bridgehead atoms.